The summed E-state index contributed by atoms with van der Waals surface area (Å²) in [7, 11) is -2.82. The van der Waals surface area contributed by atoms with Crippen LogP contribution in [-0.4, -0.2) is 51.0 Å². The lowest BCUT2D eigenvalue weighted by Crippen LogP contribution is -2.41. The molecule has 118 valence electrons. The van der Waals surface area contributed by atoms with Crippen LogP contribution in [-0.2, 0) is 9.84 Å². The van der Waals surface area contributed by atoms with Gasteiger partial charge in [0.05, 0.1) is 11.5 Å². The van der Waals surface area contributed by atoms with Crippen LogP contribution in [0.25, 0.3) is 0 Å². The van der Waals surface area contributed by atoms with E-state index in [9.17, 15) is 12.8 Å². The molecule has 1 heterocycles. The number of nitrogens with zero attached hydrogens (tertiary/aromatic N) is 1. The maximum absolute atomic E-state index is 13.0. The maximum atomic E-state index is 13.0. The monoisotopic (exact) mass is 314 g/mol. The number of sulfone groups is 1. The van der Waals surface area contributed by atoms with Crippen molar-refractivity contribution < 1.29 is 12.8 Å². The molecular weight excluding hydrogens is 291 g/mol. The highest BCUT2D eigenvalue weighted by Crippen LogP contribution is 2.18. The molecule has 1 aromatic carbocycles. The summed E-state index contributed by atoms with van der Waals surface area (Å²) in [5, 5.41) is 3.41. The molecule has 1 aliphatic heterocycles. The van der Waals surface area contributed by atoms with Gasteiger partial charge in [-0.05, 0) is 30.7 Å². The number of benzene rings is 1. The van der Waals surface area contributed by atoms with E-state index < -0.39 is 9.84 Å². The van der Waals surface area contributed by atoms with Crippen molar-refractivity contribution in [1.82, 2.24) is 10.2 Å². The van der Waals surface area contributed by atoms with Crippen LogP contribution in [0.15, 0.2) is 24.3 Å². The van der Waals surface area contributed by atoms with E-state index in [1.54, 1.807) is 0 Å². The Morgan fingerprint density at radius 3 is 2.43 bits per heavy atom. The molecule has 0 aromatic heterocycles. The van der Waals surface area contributed by atoms with Crippen LogP contribution in [0.3, 0.4) is 0 Å². The molecule has 1 fully saturated rings. The topological polar surface area (TPSA) is 49.4 Å². The molecule has 2 rings (SSSR count). The van der Waals surface area contributed by atoms with E-state index in [2.05, 4.69) is 10.2 Å². The van der Waals surface area contributed by atoms with E-state index >= 15 is 0 Å². The summed E-state index contributed by atoms with van der Waals surface area (Å²) in [6.45, 7) is 4.97. The zero-order valence-electron chi connectivity index (χ0n) is 12.4. The predicted molar refractivity (Wildman–Crippen MR) is 82.5 cm³/mol. The first-order chi connectivity index (χ1) is 10.00. The molecule has 1 atom stereocenters. The minimum atomic E-state index is -2.82. The van der Waals surface area contributed by atoms with Crippen LogP contribution in [0.4, 0.5) is 4.39 Å². The Morgan fingerprint density at radius 2 is 1.86 bits per heavy atom. The van der Waals surface area contributed by atoms with Crippen molar-refractivity contribution in [2.45, 2.75) is 19.4 Å². The van der Waals surface area contributed by atoms with Crippen LogP contribution < -0.4 is 5.32 Å². The molecule has 0 spiro atoms. The molecular formula is C15H23FN2O2S. The van der Waals surface area contributed by atoms with Gasteiger partial charge in [0.15, 0.2) is 9.84 Å². The molecule has 6 heteroatoms. The first kappa shape index (κ1) is 16.4. The minimum absolute atomic E-state index is 0.175. The van der Waals surface area contributed by atoms with Crippen molar-refractivity contribution in [1.29, 1.82) is 0 Å². The van der Waals surface area contributed by atoms with E-state index in [4.69, 9.17) is 0 Å². The van der Waals surface area contributed by atoms with Gasteiger partial charge in [0.2, 0.25) is 0 Å². The summed E-state index contributed by atoms with van der Waals surface area (Å²) >= 11 is 0. The minimum Gasteiger partial charge on any atom is -0.310 e. The van der Waals surface area contributed by atoms with Gasteiger partial charge in [0, 0.05) is 25.7 Å². The molecule has 0 saturated carbocycles. The molecule has 0 aliphatic carbocycles. The summed E-state index contributed by atoms with van der Waals surface area (Å²) in [4.78, 5) is 2.19. The van der Waals surface area contributed by atoms with Gasteiger partial charge in [-0.3, -0.25) is 0 Å². The number of hydrogen-bond donors (Lipinski definition) is 1. The molecule has 1 saturated heterocycles. The molecule has 0 radical (unpaired) electrons. The van der Waals surface area contributed by atoms with Crippen LogP contribution in [0.1, 0.15) is 24.9 Å². The molecule has 0 amide bonds. The van der Waals surface area contributed by atoms with Gasteiger partial charge < -0.3 is 10.2 Å². The number of hydrogen-bond acceptors (Lipinski definition) is 4. The zero-order valence-corrected chi connectivity index (χ0v) is 13.2. The second-order valence-electron chi connectivity index (χ2n) is 5.44. The van der Waals surface area contributed by atoms with Crippen molar-refractivity contribution in [3.05, 3.63) is 35.6 Å². The molecule has 1 aromatic rings. The largest absolute Gasteiger partial charge is 0.310 e. The Hall–Kier alpha value is -0.980. The Morgan fingerprint density at radius 1 is 1.24 bits per heavy atom. The SMILES string of the molecule is CCNC(CCN1CCS(=O)(=O)CC1)c1ccc(F)cc1. The van der Waals surface area contributed by atoms with E-state index in [0.29, 0.717) is 13.1 Å². The number of halogens is 1. The second kappa shape index (κ2) is 7.33. The van der Waals surface area contributed by atoms with Gasteiger partial charge in [-0.2, -0.15) is 0 Å². The van der Waals surface area contributed by atoms with Crippen LogP contribution in [0, 0.1) is 5.82 Å². The van der Waals surface area contributed by atoms with Crippen LogP contribution >= 0.6 is 0 Å². The van der Waals surface area contributed by atoms with Gasteiger partial charge in [-0.25, -0.2) is 12.8 Å². The fraction of sp³-hybridized carbons (Fsp3) is 0.600. The fourth-order valence-corrected chi connectivity index (χ4v) is 3.89. The first-order valence-electron chi connectivity index (χ1n) is 7.42. The van der Waals surface area contributed by atoms with Gasteiger partial charge in [0.25, 0.3) is 0 Å². The van der Waals surface area contributed by atoms with Crippen molar-refractivity contribution in [3.8, 4) is 0 Å². The van der Waals surface area contributed by atoms with E-state index in [0.717, 1.165) is 25.1 Å². The van der Waals surface area contributed by atoms with Gasteiger partial charge in [-0.1, -0.05) is 19.1 Å². The summed E-state index contributed by atoms with van der Waals surface area (Å²) in [5.41, 5.74) is 1.07. The molecule has 0 bridgehead atoms. The number of rotatable bonds is 6. The lowest BCUT2D eigenvalue weighted by molar-refractivity contribution is 0.276. The Labute approximate surface area is 126 Å². The highest BCUT2D eigenvalue weighted by molar-refractivity contribution is 7.91. The molecule has 1 N–H and O–H groups in total. The van der Waals surface area contributed by atoms with Gasteiger partial charge in [0.1, 0.15) is 5.82 Å². The van der Waals surface area contributed by atoms with Crippen LogP contribution in [0.2, 0.25) is 0 Å². The third kappa shape index (κ3) is 5.05. The summed E-state index contributed by atoms with van der Waals surface area (Å²) in [6, 6.07) is 6.75. The Bertz CT molecular complexity index is 531. The quantitative estimate of drug-likeness (QED) is 0.866. The lowest BCUT2D eigenvalue weighted by Gasteiger charge is -2.28. The Balaban J connectivity index is 1.90. The average molecular weight is 314 g/mol. The normalized spacial score (nSPS) is 20.3. The molecule has 4 nitrogen and oxygen atoms in total. The third-order valence-electron chi connectivity index (χ3n) is 3.89. The second-order valence-corrected chi connectivity index (χ2v) is 7.75. The Kier molecular flexibility index (Phi) is 5.72. The van der Waals surface area contributed by atoms with E-state index in [1.807, 2.05) is 19.1 Å². The molecule has 1 aliphatic rings. The standard InChI is InChI=1S/C15H23FN2O2S/c1-2-17-15(13-3-5-14(16)6-4-13)7-8-18-9-11-21(19,20)12-10-18/h3-6,15,17H,2,7-12H2,1H3. The summed E-state index contributed by atoms with van der Waals surface area (Å²) in [5.74, 6) is 0.292. The zero-order chi connectivity index (χ0) is 15.3. The fourth-order valence-electron chi connectivity index (χ4n) is 2.61. The van der Waals surface area contributed by atoms with Crippen molar-refractivity contribution in [2.24, 2.45) is 0 Å². The molecule has 21 heavy (non-hydrogen) atoms. The van der Waals surface area contributed by atoms with E-state index in [-0.39, 0.29) is 23.4 Å². The molecule has 1 unspecified atom stereocenters. The van der Waals surface area contributed by atoms with Gasteiger partial charge >= 0.3 is 0 Å². The highest BCUT2D eigenvalue weighted by atomic mass is 32.2. The van der Waals surface area contributed by atoms with Crippen molar-refractivity contribution >= 4 is 9.84 Å². The summed E-state index contributed by atoms with van der Waals surface area (Å²) < 4.78 is 35.8. The smallest absolute Gasteiger partial charge is 0.152 e. The first-order valence-corrected chi connectivity index (χ1v) is 9.24. The average Bonchev–Trinajstić information content (AvgIpc) is 2.46. The number of nitrogens with one attached hydrogen (secondary N) is 1. The van der Waals surface area contributed by atoms with Crippen LogP contribution in [0.5, 0.6) is 0 Å². The maximum Gasteiger partial charge on any atom is 0.152 e. The van der Waals surface area contributed by atoms with E-state index in [1.165, 1.54) is 12.1 Å². The lowest BCUT2D eigenvalue weighted by atomic mass is 10.0. The predicted octanol–water partition coefficient (Wildman–Crippen LogP) is 1.60. The van der Waals surface area contributed by atoms with Crippen molar-refractivity contribution in [3.63, 3.8) is 0 Å². The highest BCUT2D eigenvalue weighted by Gasteiger charge is 2.22. The van der Waals surface area contributed by atoms with Crippen molar-refractivity contribution in [2.75, 3.05) is 37.7 Å². The third-order valence-corrected chi connectivity index (χ3v) is 5.50. The summed E-state index contributed by atoms with van der Waals surface area (Å²) in [6.07, 6.45) is 0.888. The van der Waals surface area contributed by atoms with Gasteiger partial charge in [-0.15, -0.1) is 0 Å².